The Morgan fingerprint density at radius 1 is 1.00 bits per heavy atom. The van der Waals surface area contributed by atoms with E-state index in [1.54, 1.807) is 31.2 Å². The van der Waals surface area contributed by atoms with Gasteiger partial charge in [0.25, 0.3) is 5.91 Å². The molecular formula is C24H30N2O4. The maximum atomic E-state index is 12.8. The van der Waals surface area contributed by atoms with Crippen molar-refractivity contribution in [3.05, 3.63) is 53.6 Å². The molecule has 0 saturated carbocycles. The van der Waals surface area contributed by atoms with Gasteiger partial charge in [-0.05, 0) is 56.5 Å². The van der Waals surface area contributed by atoms with Gasteiger partial charge in [0.2, 0.25) is 0 Å². The van der Waals surface area contributed by atoms with Crippen LogP contribution >= 0.6 is 0 Å². The highest BCUT2D eigenvalue weighted by Gasteiger charge is 2.24. The first-order valence-corrected chi connectivity index (χ1v) is 10.3. The molecule has 2 rings (SSSR count). The van der Waals surface area contributed by atoms with Gasteiger partial charge in [-0.25, -0.2) is 0 Å². The van der Waals surface area contributed by atoms with Crippen molar-refractivity contribution in [1.82, 2.24) is 5.32 Å². The van der Waals surface area contributed by atoms with E-state index in [-0.39, 0.29) is 17.9 Å². The molecule has 1 N–H and O–H groups in total. The van der Waals surface area contributed by atoms with Crippen molar-refractivity contribution >= 4 is 5.91 Å². The second-order valence-electron chi connectivity index (χ2n) is 7.17. The zero-order chi connectivity index (χ0) is 22.1. The number of carbonyl (C=O) groups is 1. The molecule has 0 saturated heterocycles. The van der Waals surface area contributed by atoms with Gasteiger partial charge < -0.3 is 19.5 Å². The second-order valence-corrected chi connectivity index (χ2v) is 7.17. The summed E-state index contributed by atoms with van der Waals surface area (Å²) in [6, 6.07) is 14.4. The van der Waals surface area contributed by atoms with Crippen LogP contribution in [0.1, 0.15) is 51.8 Å². The molecule has 0 aliphatic heterocycles. The molecule has 2 aromatic rings. The SMILES string of the molecule is CCOc1ccc(C(NC(=O)C(C)Oc2ccccc2C#N)C(C)C)cc1OCC. The average molecular weight is 411 g/mol. The number of nitrogens with one attached hydrogen (secondary N) is 1. The molecule has 0 fully saturated rings. The highest BCUT2D eigenvalue weighted by atomic mass is 16.5. The van der Waals surface area contributed by atoms with Gasteiger partial charge in [0.05, 0.1) is 24.8 Å². The minimum absolute atomic E-state index is 0.139. The van der Waals surface area contributed by atoms with Crippen molar-refractivity contribution in [3.63, 3.8) is 0 Å². The van der Waals surface area contributed by atoms with Crippen LogP contribution in [0.3, 0.4) is 0 Å². The number of carbonyl (C=O) groups excluding carboxylic acids is 1. The van der Waals surface area contributed by atoms with Gasteiger partial charge in [-0.3, -0.25) is 4.79 Å². The van der Waals surface area contributed by atoms with Gasteiger partial charge in [-0.15, -0.1) is 0 Å². The van der Waals surface area contributed by atoms with Crippen LogP contribution in [-0.2, 0) is 4.79 Å². The third kappa shape index (κ3) is 5.90. The van der Waals surface area contributed by atoms with Gasteiger partial charge >= 0.3 is 0 Å². The molecule has 2 unspecified atom stereocenters. The number of hydrogen-bond donors (Lipinski definition) is 1. The standard InChI is InChI=1S/C24H30N2O4/c1-6-28-21-13-12-18(14-22(21)29-7-2)23(16(3)4)26-24(27)17(5)30-20-11-9-8-10-19(20)15-25/h8-14,16-17,23H,6-7H2,1-5H3,(H,26,27). The zero-order valence-corrected chi connectivity index (χ0v) is 18.3. The monoisotopic (exact) mass is 410 g/mol. The van der Waals surface area contributed by atoms with Crippen molar-refractivity contribution < 1.29 is 19.0 Å². The summed E-state index contributed by atoms with van der Waals surface area (Å²) < 4.78 is 17.1. The molecule has 0 heterocycles. The van der Waals surface area contributed by atoms with Crippen LogP contribution in [0.5, 0.6) is 17.2 Å². The molecule has 6 nitrogen and oxygen atoms in total. The number of para-hydroxylation sites is 1. The summed E-state index contributed by atoms with van der Waals surface area (Å²) in [6.45, 7) is 10.7. The van der Waals surface area contributed by atoms with E-state index < -0.39 is 6.10 Å². The number of nitrogens with zero attached hydrogens (tertiary/aromatic N) is 1. The molecule has 30 heavy (non-hydrogen) atoms. The van der Waals surface area contributed by atoms with E-state index >= 15 is 0 Å². The van der Waals surface area contributed by atoms with Crippen molar-refractivity contribution in [1.29, 1.82) is 5.26 Å². The van der Waals surface area contributed by atoms with Gasteiger partial charge in [0, 0.05) is 0 Å². The van der Waals surface area contributed by atoms with Crippen LogP contribution in [-0.4, -0.2) is 25.2 Å². The van der Waals surface area contributed by atoms with E-state index in [1.807, 2.05) is 45.9 Å². The highest BCUT2D eigenvalue weighted by Crippen LogP contribution is 2.33. The zero-order valence-electron chi connectivity index (χ0n) is 18.3. The van der Waals surface area contributed by atoms with E-state index in [1.165, 1.54) is 0 Å². The highest BCUT2D eigenvalue weighted by molar-refractivity contribution is 5.81. The fourth-order valence-electron chi connectivity index (χ4n) is 3.07. The third-order valence-corrected chi connectivity index (χ3v) is 4.57. The van der Waals surface area contributed by atoms with Crippen LogP contribution < -0.4 is 19.5 Å². The normalized spacial score (nSPS) is 12.6. The Morgan fingerprint density at radius 3 is 2.30 bits per heavy atom. The van der Waals surface area contributed by atoms with Gasteiger partial charge in [0.15, 0.2) is 17.6 Å². The molecule has 0 bridgehead atoms. The quantitative estimate of drug-likeness (QED) is 0.617. The Kier molecular flexibility index (Phi) is 8.54. The molecule has 0 spiro atoms. The van der Waals surface area contributed by atoms with E-state index in [9.17, 15) is 10.1 Å². The maximum Gasteiger partial charge on any atom is 0.261 e. The summed E-state index contributed by atoms with van der Waals surface area (Å²) in [5.74, 6) is 1.61. The topological polar surface area (TPSA) is 80.6 Å². The van der Waals surface area contributed by atoms with Crippen molar-refractivity contribution in [3.8, 4) is 23.3 Å². The fraction of sp³-hybridized carbons (Fsp3) is 0.417. The molecule has 0 aliphatic rings. The number of benzene rings is 2. The van der Waals surface area contributed by atoms with E-state index in [2.05, 4.69) is 11.4 Å². The Bertz CT molecular complexity index is 889. The second kappa shape index (κ2) is 11.1. The predicted molar refractivity (Wildman–Crippen MR) is 116 cm³/mol. The van der Waals surface area contributed by atoms with Crippen LogP contribution in [0.25, 0.3) is 0 Å². The lowest BCUT2D eigenvalue weighted by atomic mass is 9.95. The number of hydrogen-bond acceptors (Lipinski definition) is 5. The summed E-state index contributed by atoms with van der Waals surface area (Å²) in [5, 5.41) is 12.3. The third-order valence-electron chi connectivity index (χ3n) is 4.57. The van der Waals surface area contributed by atoms with E-state index in [0.29, 0.717) is 36.0 Å². The molecule has 0 radical (unpaired) electrons. The Hall–Kier alpha value is -3.20. The fourth-order valence-corrected chi connectivity index (χ4v) is 3.07. The van der Waals surface area contributed by atoms with Gasteiger partial charge in [-0.1, -0.05) is 32.0 Å². The average Bonchev–Trinajstić information content (AvgIpc) is 2.73. The van der Waals surface area contributed by atoms with Crippen molar-refractivity contribution in [2.24, 2.45) is 5.92 Å². The molecule has 1 amide bonds. The lowest BCUT2D eigenvalue weighted by Crippen LogP contribution is -2.40. The molecular weight excluding hydrogens is 380 g/mol. The molecule has 2 atom stereocenters. The van der Waals surface area contributed by atoms with Gasteiger partial charge in [-0.2, -0.15) is 5.26 Å². The summed E-state index contributed by atoms with van der Waals surface area (Å²) in [4.78, 5) is 12.8. The number of ether oxygens (including phenoxy) is 3. The lowest BCUT2D eigenvalue weighted by molar-refractivity contribution is -0.128. The Labute approximate surface area is 178 Å². The summed E-state index contributed by atoms with van der Waals surface area (Å²) in [6.07, 6.45) is -0.755. The van der Waals surface area contributed by atoms with Crippen LogP contribution in [0.2, 0.25) is 0 Å². The first-order chi connectivity index (χ1) is 14.4. The smallest absolute Gasteiger partial charge is 0.261 e. The molecule has 6 heteroatoms. The molecule has 0 aliphatic carbocycles. The van der Waals surface area contributed by atoms with Gasteiger partial charge in [0.1, 0.15) is 11.8 Å². The minimum atomic E-state index is -0.755. The Morgan fingerprint density at radius 2 is 1.67 bits per heavy atom. The van der Waals surface area contributed by atoms with E-state index in [4.69, 9.17) is 14.2 Å². The van der Waals surface area contributed by atoms with E-state index in [0.717, 1.165) is 5.56 Å². The largest absolute Gasteiger partial charge is 0.490 e. The summed E-state index contributed by atoms with van der Waals surface area (Å²) in [7, 11) is 0. The first-order valence-electron chi connectivity index (χ1n) is 10.3. The number of nitriles is 1. The first kappa shape index (κ1) is 23.1. The predicted octanol–water partition coefficient (Wildman–Crippen LogP) is 4.64. The molecule has 0 aromatic heterocycles. The number of rotatable bonds is 10. The molecule has 2 aromatic carbocycles. The van der Waals surface area contributed by atoms with Crippen LogP contribution in [0, 0.1) is 17.2 Å². The van der Waals surface area contributed by atoms with Crippen LogP contribution in [0.15, 0.2) is 42.5 Å². The lowest BCUT2D eigenvalue weighted by Gasteiger charge is -2.26. The van der Waals surface area contributed by atoms with Crippen LogP contribution in [0.4, 0.5) is 0 Å². The maximum absolute atomic E-state index is 12.8. The van der Waals surface area contributed by atoms with Crippen molar-refractivity contribution in [2.75, 3.05) is 13.2 Å². The Balaban J connectivity index is 2.19. The minimum Gasteiger partial charge on any atom is -0.490 e. The molecule has 160 valence electrons. The summed E-state index contributed by atoms with van der Waals surface area (Å²) >= 11 is 0. The van der Waals surface area contributed by atoms with Crippen molar-refractivity contribution in [2.45, 2.75) is 46.8 Å². The summed E-state index contributed by atoms with van der Waals surface area (Å²) in [5.41, 5.74) is 1.32. The number of amides is 1.